The van der Waals surface area contributed by atoms with Gasteiger partial charge < -0.3 is 19.7 Å². The lowest BCUT2D eigenvalue weighted by Gasteiger charge is -2.35. The topological polar surface area (TPSA) is 33.7 Å². The van der Waals surface area contributed by atoms with E-state index >= 15 is 0 Å². The standard InChI is InChI=1S/C18H24N2O2S/c1-2-10-20(15-6-4-3-5-7-15)18(23)19-14-8-9-16-17(13-14)22-12-11-21-16/h2,8-9,13,15H,1,3-7,10-12H2,(H,19,23). The van der Waals surface area contributed by atoms with Crippen molar-refractivity contribution in [2.75, 3.05) is 25.1 Å². The van der Waals surface area contributed by atoms with Crippen LogP contribution in [-0.4, -0.2) is 35.8 Å². The third kappa shape index (κ3) is 3.96. The molecule has 1 aliphatic heterocycles. The van der Waals surface area contributed by atoms with Crippen molar-refractivity contribution in [3.05, 3.63) is 30.9 Å². The second-order valence-corrected chi connectivity index (χ2v) is 6.41. The highest BCUT2D eigenvalue weighted by molar-refractivity contribution is 7.80. The van der Waals surface area contributed by atoms with Crippen LogP contribution in [0.15, 0.2) is 30.9 Å². The molecule has 0 aromatic heterocycles. The number of hydrogen-bond acceptors (Lipinski definition) is 3. The van der Waals surface area contributed by atoms with Crippen LogP contribution in [0, 0.1) is 0 Å². The third-order valence-corrected chi connectivity index (χ3v) is 4.73. The van der Waals surface area contributed by atoms with E-state index in [1.807, 2.05) is 24.3 Å². The van der Waals surface area contributed by atoms with Crippen molar-refractivity contribution in [1.82, 2.24) is 4.90 Å². The number of anilines is 1. The van der Waals surface area contributed by atoms with Gasteiger partial charge in [-0.15, -0.1) is 6.58 Å². The van der Waals surface area contributed by atoms with Crippen molar-refractivity contribution < 1.29 is 9.47 Å². The number of ether oxygens (including phenoxy) is 2. The molecule has 1 saturated carbocycles. The molecule has 0 unspecified atom stereocenters. The number of hydrogen-bond donors (Lipinski definition) is 1. The Morgan fingerprint density at radius 2 is 1.96 bits per heavy atom. The van der Waals surface area contributed by atoms with Gasteiger partial charge in [-0.05, 0) is 37.2 Å². The Balaban J connectivity index is 1.69. The maximum atomic E-state index is 5.65. The van der Waals surface area contributed by atoms with E-state index in [2.05, 4.69) is 16.8 Å². The van der Waals surface area contributed by atoms with Gasteiger partial charge in [0.2, 0.25) is 0 Å². The van der Waals surface area contributed by atoms with Gasteiger partial charge in [-0.25, -0.2) is 0 Å². The van der Waals surface area contributed by atoms with Gasteiger partial charge in [-0.1, -0.05) is 25.3 Å². The van der Waals surface area contributed by atoms with E-state index in [1.165, 1.54) is 32.1 Å². The molecule has 1 aliphatic carbocycles. The Hall–Kier alpha value is -1.75. The van der Waals surface area contributed by atoms with Gasteiger partial charge >= 0.3 is 0 Å². The monoisotopic (exact) mass is 332 g/mol. The Labute approximate surface area is 143 Å². The second kappa shape index (κ2) is 7.68. The van der Waals surface area contributed by atoms with Crippen molar-refractivity contribution in [3.8, 4) is 11.5 Å². The Kier molecular flexibility index (Phi) is 5.39. The predicted octanol–water partition coefficient (Wildman–Crippen LogP) is 3.98. The van der Waals surface area contributed by atoms with Crippen LogP contribution in [-0.2, 0) is 0 Å². The maximum absolute atomic E-state index is 5.65. The predicted molar refractivity (Wildman–Crippen MR) is 97.4 cm³/mol. The maximum Gasteiger partial charge on any atom is 0.173 e. The summed E-state index contributed by atoms with van der Waals surface area (Å²) in [5.41, 5.74) is 0.934. The molecule has 4 nitrogen and oxygen atoms in total. The summed E-state index contributed by atoms with van der Waals surface area (Å²) in [5.74, 6) is 1.57. The molecule has 1 aromatic rings. The fourth-order valence-electron chi connectivity index (χ4n) is 3.25. The molecule has 0 saturated heterocycles. The second-order valence-electron chi connectivity index (χ2n) is 6.02. The quantitative estimate of drug-likeness (QED) is 0.666. The van der Waals surface area contributed by atoms with Crippen LogP contribution >= 0.6 is 12.2 Å². The van der Waals surface area contributed by atoms with Gasteiger partial charge in [0.15, 0.2) is 16.6 Å². The fraction of sp³-hybridized carbons (Fsp3) is 0.500. The molecule has 0 bridgehead atoms. The smallest absolute Gasteiger partial charge is 0.173 e. The molecule has 3 rings (SSSR count). The first-order valence-corrected chi connectivity index (χ1v) is 8.77. The van der Waals surface area contributed by atoms with Crippen LogP contribution in [0.4, 0.5) is 5.69 Å². The van der Waals surface area contributed by atoms with Crippen molar-refractivity contribution in [1.29, 1.82) is 0 Å². The molecule has 124 valence electrons. The molecule has 23 heavy (non-hydrogen) atoms. The van der Waals surface area contributed by atoms with E-state index in [1.54, 1.807) is 0 Å². The van der Waals surface area contributed by atoms with Crippen LogP contribution in [0.1, 0.15) is 32.1 Å². The summed E-state index contributed by atoms with van der Waals surface area (Å²) in [7, 11) is 0. The summed E-state index contributed by atoms with van der Waals surface area (Å²) >= 11 is 5.65. The van der Waals surface area contributed by atoms with Gasteiger partial charge in [0, 0.05) is 24.3 Å². The van der Waals surface area contributed by atoms with Crippen molar-refractivity contribution in [3.63, 3.8) is 0 Å². The largest absolute Gasteiger partial charge is 0.486 e. The van der Waals surface area contributed by atoms with E-state index in [0.29, 0.717) is 19.3 Å². The van der Waals surface area contributed by atoms with Crippen molar-refractivity contribution in [2.24, 2.45) is 0 Å². The first-order valence-electron chi connectivity index (χ1n) is 8.36. The molecule has 1 heterocycles. The minimum atomic E-state index is 0.513. The van der Waals surface area contributed by atoms with Crippen LogP contribution in [0.2, 0.25) is 0 Å². The Morgan fingerprint density at radius 3 is 2.70 bits per heavy atom. The van der Waals surface area contributed by atoms with Gasteiger partial charge in [-0.2, -0.15) is 0 Å². The third-order valence-electron chi connectivity index (χ3n) is 4.40. The highest BCUT2D eigenvalue weighted by atomic mass is 32.1. The summed E-state index contributed by atoms with van der Waals surface area (Å²) in [4.78, 5) is 2.26. The van der Waals surface area contributed by atoms with Crippen molar-refractivity contribution in [2.45, 2.75) is 38.1 Å². The molecule has 1 N–H and O–H groups in total. The molecule has 1 aromatic carbocycles. The van der Waals surface area contributed by atoms with E-state index in [9.17, 15) is 0 Å². The number of fused-ring (bicyclic) bond motifs is 1. The highest BCUT2D eigenvalue weighted by Gasteiger charge is 2.22. The summed E-state index contributed by atoms with van der Waals surface area (Å²) in [6.45, 7) is 5.85. The summed E-state index contributed by atoms with van der Waals surface area (Å²) in [5, 5.41) is 4.11. The number of nitrogens with zero attached hydrogens (tertiary/aromatic N) is 1. The first kappa shape index (κ1) is 16.1. The molecule has 5 heteroatoms. The fourth-order valence-corrected chi connectivity index (χ4v) is 3.59. The van der Waals surface area contributed by atoms with Gasteiger partial charge in [0.1, 0.15) is 13.2 Å². The van der Waals surface area contributed by atoms with Crippen LogP contribution in [0.3, 0.4) is 0 Å². The molecule has 0 atom stereocenters. The average Bonchev–Trinajstić information content (AvgIpc) is 2.60. The van der Waals surface area contributed by atoms with Crippen LogP contribution in [0.25, 0.3) is 0 Å². The van der Waals surface area contributed by atoms with Crippen molar-refractivity contribution >= 4 is 23.0 Å². The van der Waals surface area contributed by atoms with E-state index in [-0.39, 0.29) is 0 Å². The lowest BCUT2D eigenvalue weighted by molar-refractivity contribution is 0.171. The average molecular weight is 332 g/mol. The lowest BCUT2D eigenvalue weighted by Crippen LogP contribution is -2.43. The molecule has 1 fully saturated rings. The molecule has 0 radical (unpaired) electrons. The summed E-state index contributed by atoms with van der Waals surface area (Å²) in [6, 6.07) is 6.37. The Morgan fingerprint density at radius 1 is 1.22 bits per heavy atom. The Bertz CT molecular complexity index is 570. The zero-order valence-corrected chi connectivity index (χ0v) is 14.2. The number of benzene rings is 1. The molecular weight excluding hydrogens is 308 g/mol. The molecular formula is C18H24N2O2S. The molecule has 2 aliphatic rings. The summed E-state index contributed by atoms with van der Waals surface area (Å²) in [6.07, 6.45) is 8.23. The van der Waals surface area contributed by atoms with Crippen LogP contribution < -0.4 is 14.8 Å². The summed E-state index contributed by atoms with van der Waals surface area (Å²) < 4.78 is 11.2. The van der Waals surface area contributed by atoms with E-state index in [4.69, 9.17) is 21.7 Å². The van der Waals surface area contributed by atoms with Crippen LogP contribution in [0.5, 0.6) is 11.5 Å². The molecule has 0 spiro atoms. The number of thiocarbonyl (C=S) groups is 1. The number of nitrogens with one attached hydrogen (secondary N) is 1. The number of rotatable bonds is 4. The van der Waals surface area contributed by atoms with Gasteiger partial charge in [-0.3, -0.25) is 0 Å². The van der Waals surface area contributed by atoms with E-state index in [0.717, 1.165) is 28.8 Å². The zero-order valence-electron chi connectivity index (χ0n) is 13.4. The minimum absolute atomic E-state index is 0.513. The van der Waals surface area contributed by atoms with Gasteiger partial charge in [0.25, 0.3) is 0 Å². The normalized spacial score (nSPS) is 17.4. The van der Waals surface area contributed by atoms with E-state index < -0.39 is 0 Å². The van der Waals surface area contributed by atoms with Gasteiger partial charge in [0.05, 0.1) is 0 Å². The first-order chi connectivity index (χ1) is 11.3. The lowest BCUT2D eigenvalue weighted by atomic mass is 9.94. The highest BCUT2D eigenvalue weighted by Crippen LogP contribution is 2.33. The SMILES string of the molecule is C=CCN(C(=S)Nc1ccc2c(c1)OCCO2)C1CCCCC1. The minimum Gasteiger partial charge on any atom is -0.486 e. The zero-order chi connectivity index (χ0) is 16.1. The molecule has 0 amide bonds.